The van der Waals surface area contributed by atoms with Crippen LogP contribution in [0.4, 0.5) is 5.69 Å². The third-order valence-corrected chi connectivity index (χ3v) is 7.27. The molecule has 0 spiro atoms. The second-order valence-electron chi connectivity index (χ2n) is 9.48. The number of carbonyl (C=O) groups is 2. The highest BCUT2D eigenvalue weighted by Crippen LogP contribution is 2.34. The van der Waals surface area contributed by atoms with Crippen molar-refractivity contribution in [3.63, 3.8) is 0 Å². The number of fused-ring (bicyclic) bond motifs is 4. The first-order valence-electron chi connectivity index (χ1n) is 12.3. The van der Waals surface area contributed by atoms with Crippen molar-refractivity contribution < 1.29 is 23.8 Å². The Labute approximate surface area is 208 Å². The SMILES string of the molecule is COc1ccc2ncc3c(c2c1)CC(N1CCC(NC(=O)c2ccc4c(c2)NC(=O)CO4)CC1)CO3. The van der Waals surface area contributed by atoms with Gasteiger partial charge < -0.3 is 24.8 Å². The van der Waals surface area contributed by atoms with Crippen molar-refractivity contribution in [1.29, 1.82) is 0 Å². The number of piperidine rings is 1. The third-order valence-electron chi connectivity index (χ3n) is 7.27. The van der Waals surface area contributed by atoms with Crippen LogP contribution in [0.5, 0.6) is 17.2 Å². The highest BCUT2D eigenvalue weighted by Gasteiger charge is 2.31. The van der Waals surface area contributed by atoms with Crippen molar-refractivity contribution in [2.75, 3.05) is 38.7 Å². The van der Waals surface area contributed by atoms with Gasteiger partial charge >= 0.3 is 0 Å². The van der Waals surface area contributed by atoms with E-state index in [2.05, 4.69) is 20.5 Å². The smallest absolute Gasteiger partial charge is 0.262 e. The summed E-state index contributed by atoms with van der Waals surface area (Å²) in [4.78, 5) is 31.4. The zero-order valence-electron chi connectivity index (χ0n) is 20.1. The summed E-state index contributed by atoms with van der Waals surface area (Å²) in [5, 5.41) is 6.98. The molecule has 1 atom stereocenters. The van der Waals surface area contributed by atoms with Crippen LogP contribution in [0.15, 0.2) is 42.6 Å². The molecular formula is C27H28N4O5. The lowest BCUT2D eigenvalue weighted by Crippen LogP contribution is -2.51. The lowest BCUT2D eigenvalue weighted by atomic mass is 9.95. The molecule has 36 heavy (non-hydrogen) atoms. The van der Waals surface area contributed by atoms with Crippen LogP contribution in [0.1, 0.15) is 28.8 Å². The number of aromatic nitrogens is 1. The van der Waals surface area contributed by atoms with E-state index in [9.17, 15) is 9.59 Å². The molecular weight excluding hydrogens is 460 g/mol. The number of hydrogen-bond donors (Lipinski definition) is 2. The Hall–Kier alpha value is -3.85. The first-order valence-corrected chi connectivity index (χ1v) is 12.3. The van der Waals surface area contributed by atoms with Gasteiger partial charge in [0.15, 0.2) is 6.61 Å². The molecule has 1 saturated heterocycles. The Bertz CT molecular complexity index is 1330. The Morgan fingerprint density at radius 2 is 2.00 bits per heavy atom. The topological polar surface area (TPSA) is 102 Å². The molecule has 0 aliphatic carbocycles. The van der Waals surface area contributed by atoms with Gasteiger partial charge in [-0.3, -0.25) is 19.5 Å². The number of carbonyl (C=O) groups excluding carboxylic acids is 2. The van der Waals surface area contributed by atoms with Crippen LogP contribution >= 0.6 is 0 Å². The molecule has 3 aliphatic heterocycles. The van der Waals surface area contributed by atoms with E-state index in [-0.39, 0.29) is 30.5 Å². The lowest BCUT2D eigenvalue weighted by Gasteiger charge is -2.39. The van der Waals surface area contributed by atoms with Crippen LogP contribution < -0.4 is 24.8 Å². The molecule has 6 rings (SSSR count). The standard InChI is InChI=1S/C27H28N4O5/c1-34-19-3-4-22-20(12-19)21-11-18(14-35-25(21)13-28-22)31-8-6-17(7-9-31)29-27(33)16-2-5-24-23(10-16)30-26(32)15-36-24/h2-5,10,12-13,17-18H,6-9,11,14-15H2,1H3,(H,29,33)(H,30,32). The van der Waals surface area contributed by atoms with E-state index in [1.807, 2.05) is 24.4 Å². The molecule has 1 unspecified atom stereocenters. The summed E-state index contributed by atoms with van der Waals surface area (Å²) in [6, 6.07) is 11.4. The van der Waals surface area contributed by atoms with Crippen molar-refractivity contribution in [2.45, 2.75) is 31.3 Å². The van der Waals surface area contributed by atoms with Gasteiger partial charge in [-0.05, 0) is 55.7 Å². The van der Waals surface area contributed by atoms with Crippen molar-refractivity contribution >= 4 is 28.4 Å². The molecule has 9 nitrogen and oxygen atoms in total. The average Bonchev–Trinajstić information content (AvgIpc) is 2.92. The number of rotatable bonds is 4. The van der Waals surface area contributed by atoms with Gasteiger partial charge in [0.25, 0.3) is 11.8 Å². The first-order chi connectivity index (χ1) is 17.6. The highest BCUT2D eigenvalue weighted by atomic mass is 16.5. The number of hydrogen-bond acceptors (Lipinski definition) is 7. The molecule has 4 heterocycles. The van der Waals surface area contributed by atoms with Crippen molar-refractivity contribution in [1.82, 2.24) is 15.2 Å². The fourth-order valence-electron chi connectivity index (χ4n) is 5.29. The Morgan fingerprint density at radius 1 is 1.14 bits per heavy atom. The normalized spacial score (nSPS) is 19.9. The number of nitrogens with one attached hydrogen (secondary N) is 2. The van der Waals surface area contributed by atoms with E-state index in [1.165, 1.54) is 5.56 Å². The highest BCUT2D eigenvalue weighted by molar-refractivity contribution is 6.00. The maximum Gasteiger partial charge on any atom is 0.262 e. The summed E-state index contributed by atoms with van der Waals surface area (Å²) in [5.74, 6) is 1.88. The van der Waals surface area contributed by atoms with Crippen molar-refractivity contribution in [3.05, 3.63) is 53.7 Å². The number of benzene rings is 2. The predicted octanol–water partition coefficient (Wildman–Crippen LogP) is 2.77. The summed E-state index contributed by atoms with van der Waals surface area (Å²) in [7, 11) is 1.67. The fourth-order valence-corrected chi connectivity index (χ4v) is 5.29. The predicted molar refractivity (Wildman–Crippen MR) is 134 cm³/mol. The minimum Gasteiger partial charge on any atom is -0.497 e. The van der Waals surface area contributed by atoms with Crippen LogP contribution in [-0.2, 0) is 11.2 Å². The molecule has 3 aliphatic rings. The Kier molecular flexibility index (Phi) is 5.85. The van der Waals surface area contributed by atoms with Crippen LogP contribution in [0, 0.1) is 0 Å². The molecule has 3 aromatic rings. The number of methoxy groups -OCH3 is 1. The van der Waals surface area contributed by atoms with Gasteiger partial charge in [0.2, 0.25) is 0 Å². The molecule has 2 N–H and O–H groups in total. The van der Waals surface area contributed by atoms with Crippen molar-refractivity contribution in [3.8, 4) is 17.2 Å². The monoisotopic (exact) mass is 488 g/mol. The lowest BCUT2D eigenvalue weighted by molar-refractivity contribution is -0.118. The molecule has 0 radical (unpaired) electrons. The zero-order chi connectivity index (χ0) is 24.6. The van der Waals surface area contributed by atoms with Gasteiger partial charge in [-0.2, -0.15) is 0 Å². The van der Waals surface area contributed by atoms with Crippen LogP contribution in [0.25, 0.3) is 10.9 Å². The average molecular weight is 489 g/mol. The second kappa shape index (κ2) is 9.31. The summed E-state index contributed by atoms with van der Waals surface area (Å²) < 4.78 is 16.9. The van der Waals surface area contributed by atoms with Gasteiger partial charge in [-0.1, -0.05) is 0 Å². The fraction of sp³-hybridized carbons (Fsp3) is 0.370. The van der Waals surface area contributed by atoms with Crippen LogP contribution in [0.3, 0.4) is 0 Å². The minimum absolute atomic E-state index is 0.00393. The van der Waals surface area contributed by atoms with Gasteiger partial charge in [0, 0.05) is 41.7 Å². The van der Waals surface area contributed by atoms with Crippen molar-refractivity contribution in [2.24, 2.45) is 0 Å². The maximum atomic E-state index is 12.9. The summed E-state index contributed by atoms with van der Waals surface area (Å²) in [6.07, 6.45) is 4.44. The van der Waals surface area contributed by atoms with Crippen LogP contribution in [-0.4, -0.2) is 67.2 Å². The minimum atomic E-state index is -0.217. The number of anilines is 1. The third kappa shape index (κ3) is 4.30. The van der Waals surface area contributed by atoms with Gasteiger partial charge in [-0.25, -0.2) is 0 Å². The largest absolute Gasteiger partial charge is 0.497 e. The van der Waals surface area contributed by atoms with E-state index < -0.39 is 0 Å². The van der Waals surface area contributed by atoms with E-state index in [0.717, 1.165) is 54.8 Å². The first kappa shape index (κ1) is 22.6. The summed E-state index contributed by atoms with van der Waals surface area (Å²) in [5.41, 5.74) is 3.16. The van der Waals surface area contributed by atoms with E-state index in [1.54, 1.807) is 25.3 Å². The molecule has 186 valence electrons. The zero-order valence-corrected chi connectivity index (χ0v) is 20.1. The van der Waals surface area contributed by atoms with E-state index in [0.29, 0.717) is 23.6 Å². The Balaban J connectivity index is 1.09. The molecule has 9 heteroatoms. The molecule has 2 amide bonds. The second-order valence-corrected chi connectivity index (χ2v) is 9.48. The molecule has 1 aromatic heterocycles. The number of amides is 2. The van der Waals surface area contributed by atoms with Crippen LogP contribution in [0.2, 0.25) is 0 Å². The number of nitrogens with zero attached hydrogens (tertiary/aromatic N) is 2. The van der Waals surface area contributed by atoms with E-state index in [4.69, 9.17) is 14.2 Å². The number of likely N-dealkylation sites (tertiary alicyclic amines) is 1. The van der Waals surface area contributed by atoms with Gasteiger partial charge in [0.05, 0.1) is 24.5 Å². The number of ether oxygens (including phenoxy) is 3. The van der Waals surface area contributed by atoms with Gasteiger partial charge in [-0.15, -0.1) is 0 Å². The van der Waals surface area contributed by atoms with E-state index >= 15 is 0 Å². The number of pyridine rings is 1. The summed E-state index contributed by atoms with van der Waals surface area (Å²) >= 11 is 0. The quantitative estimate of drug-likeness (QED) is 0.582. The van der Waals surface area contributed by atoms with Gasteiger partial charge in [0.1, 0.15) is 23.9 Å². The molecule has 0 bridgehead atoms. The molecule has 1 fully saturated rings. The maximum absolute atomic E-state index is 12.9. The molecule has 2 aromatic carbocycles. The Morgan fingerprint density at radius 3 is 2.83 bits per heavy atom. The molecule has 0 saturated carbocycles. The summed E-state index contributed by atoms with van der Waals surface area (Å²) in [6.45, 7) is 2.39.